The largest absolute Gasteiger partial charge is 0.465 e. The number of amides is 1. The molecule has 2 heterocycles. The normalized spacial score (nSPS) is 10.6. The molecule has 0 radical (unpaired) electrons. The molecule has 1 N–H and O–H groups in total. The summed E-state index contributed by atoms with van der Waals surface area (Å²) in [6, 6.07) is 6.26. The highest BCUT2D eigenvalue weighted by atomic mass is 32.1. The highest BCUT2D eigenvalue weighted by Gasteiger charge is 2.14. The van der Waals surface area contributed by atoms with Crippen LogP contribution < -0.4 is 5.32 Å². The van der Waals surface area contributed by atoms with Gasteiger partial charge in [0.15, 0.2) is 0 Å². The van der Waals surface area contributed by atoms with Gasteiger partial charge in [0.1, 0.15) is 0 Å². The van der Waals surface area contributed by atoms with Crippen LogP contribution in [0, 0.1) is 6.92 Å². The van der Waals surface area contributed by atoms with Gasteiger partial charge < -0.3 is 4.74 Å². The van der Waals surface area contributed by atoms with Gasteiger partial charge in [-0.2, -0.15) is 4.98 Å². The summed E-state index contributed by atoms with van der Waals surface area (Å²) >= 11 is 1.44. The molecule has 0 saturated carbocycles. The molecule has 0 unspecified atom stereocenters. The van der Waals surface area contributed by atoms with Crippen molar-refractivity contribution in [2.75, 3.05) is 12.4 Å². The van der Waals surface area contributed by atoms with E-state index in [1.165, 1.54) is 24.5 Å². The van der Waals surface area contributed by atoms with E-state index in [1.54, 1.807) is 22.7 Å². The van der Waals surface area contributed by atoms with Crippen molar-refractivity contribution in [3.63, 3.8) is 0 Å². The number of methoxy groups -OCH3 is 1. The molecule has 22 heavy (non-hydrogen) atoms. The van der Waals surface area contributed by atoms with Crippen molar-refractivity contribution in [1.82, 2.24) is 14.6 Å². The average Bonchev–Trinajstić information content (AvgIpc) is 3.08. The van der Waals surface area contributed by atoms with E-state index >= 15 is 0 Å². The highest BCUT2D eigenvalue weighted by molar-refractivity contribution is 7.15. The van der Waals surface area contributed by atoms with Crippen LogP contribution in [0.1, 0.15) is 26.4 Å². The van der Waals surface area contributed by atoms with Crippen molar-refractivity contribution in [3.05, 3.63) is 46.5 Å². The van der Waals surface area contributed by atoms with Crippen molar-refractivity contribution in [2.45, 2.75) is 6.92 Å². The monoisotopic (exact) mass is 316 g/mol. The fourth-order valence-corrected chi connectivity index (χ4v) is 2.72. The Morgan fingerprint density at radius 1 is 1.32 bits per heavy atom. The quantitative estimate of drug-likeness (QED) is 0.748. The van der Waals surface area contributed by atoms with Crippen LogP contribution in [0.5, 0.6) is 0 Å². The minimum Gasteiger partial charge on any atom is -0.465 e. The van der Waals surface area contributed by atoms with Gasteiger partial charge in [0.05, 0.1) is 18.4 Å². The lowest BCUT2D eigenvalue weighted by molar-refractivity contribution is 0.0600. The van der Waals surface area contributed by atoms with Gasteiger partial charge in [-0.25, -0.2) is 9.31 Å². The number of benzene rings is 1. The van der Waals surface area contributed by atoms with E-state index in [-0.39, 0.29) is 11.9 Å². The van der Waals surface area contributed by atoms with E-state index in [4.69, 9.17) is 0 Å². The molecular weight excluding hydrogens is 304 g/mol. The summed E-state index contributed by atoms with van der Waals surface area (Å²) in [4.78, 5) is 28.6. The number of hydrogen-bond acceptors (Lipinski definition) is 6. The first kappa shape index (κ1) is 14.2. The second kappa shape index (κ2) is 5.57. The molecule has 0 aliphatic heterocycles. The van der Waals surface area contributed by atoms with Crippen molar-refractivity contribution in [1.29, 1.82) is 0 Å². The summed E-state index contributed by atoms with van der Waals surface area (Å²) < 4.78 is 6.29. The Morgan fingerprint density at radius 3 is 2.82 bits per heavy atom. The zero-order chi connectivity index (χ0) is 15.7. The van der Waals surface area contributed by atoms with Gasteiger partial charge in [-0.1, -0.05) is 6.07 Å². The second-order valence-corrected chi connectivity index (χ2v) is 5.37. The van der Waals surface area contributed by atoms with Crippen LogP contribution in [0.2, 0.25) is 0 Å². The summed E-state index contributed by atoms with van der Waals surface area (Å²) in [6.07, 6.45) is 0. The van der Waals surface area contributed by atoms with Gasteiger partial charge in [-0.3, -0.25) is 10.1 Å². The average molecular weight is 316 g/mol. The highest BCUT2D eigenvalue weighted by Crippen LogP contribution is 2.16. The SMILES string of the molecule is COC(=O)c1cccc(C(=O)Nc2nc3scc(C)n3n2)c1. The van der Waals surface area contributed by atoms with Crippen LogP contribution in [0.3, 0.4) is 0 Å². The van der Waals surface area contributed by atoms with Crippen molar-refractivity contribution < 1.29 is 14.3 Å². The molecule has 3 aromatic rings. The number of ether oxygens (including phenoxy) is 1. The maximum absolute atomic E-state index is 12.2. The standard InChI is InChI=1S/C14H12N4O3S/c1-8-7-22-14-16-13(17-18(8)14)15-11(19)9-4-3-5-10(6-9)12(20)21-2/h3-7H,1-2H3,(H,15,17,19). The smallest absolute Gasteiger partial charge is 0.337 e. The molecule has 0 saturated heterocycles. The fourth-order valence-electron chi connectivity index (χ4n) is 1.92. The molecule has 2 aromatic heterocycles. The number of nitrogens with one attached hydrogen (secondary N) is 1. The fraction of sp³-hybridized carbons (Fsp3) is 0.143. The van der Waals surface area contributed by atoms with Gasteiger partial charge in [0.25, 0.3) is 11.9 Å². The lowest BCUT2D eigenvalue weighted by Gasteiger charge is -2.03. The Morgan fingerprint density at radius 2 is 2.09 bits per heavy atom. The van der Waals surface area contributed by atoms with Gasteiger partial charge in [0, 0.05) is 10.9 Å². The number of carbonyl (C=O) groups excluding carboxylic acids is 2. The van der Waals surface area contributed by atoms with E-state index in [1.807, 2.05) is 12.3 Å². The van der Waals surface area contributed by atoms with Gasteiger partial charge in [-0.15, -0.1) is 16.4 Å². The second-order valence-electron chi connectivity index (χ2n) is 4.53. The summed E-state index contributed by atoms with van der Waals surface area (Å²) in [5.41, 5.74) is 1.59. The first-order valence-corrected chi connectivity index (χ1v) is 7.27. The molecule has 0 spiro atoms. The van der Waals surface area contributed by atoms with Crippen LogP contribution in [0.15, 0.2) is 29.6 Å². The summed E-state index contributed by atoms with van der Waals surface area (Å²) in [6.45, 7) is 1.91. The number of hydrogen-bond donors (Lipinski definition) is 1. The third-order valence-electron chi connectivity index (χ3n) is 3.02. The molecule has 3 rings (SSSR count). The molecule has 1 amide bonds. The van der Waals surface area contributed by atoms with E-state index in [0.717, 1.165) is 5.69 Å². The van der Waals surface area contributed by atoms with Crippen LogP contribution >= 0.6 is 11.3 Å². The predicted molar refractivity (Wildman–Crippen MR) is 81.3 cm³/mol. The maximum atomic E-state index is 12.2. The number of carbonyl (C=O) groups is 2. The molecule has 0 atom stereocenters. The molecule has 0 aliphatic carbocycles. The van der Waals surface area contributed by atoms with E-state index in [9.17, 15) is 9.59 Å². The number of anilines is 1. The zero-order valence-corrected chi connectivity index (χ0v) is 12.7. The Balaban J connectivity index is 1.83. The van der Waals surface area contributed by atoms with Crippen molar-refractivity contribution >= 4 is 34.1 Å². The number of aryl methyl sites for hydroxylation is 1. The van der Waals surface area contributed by atoms with Gasteiger partial charge in [-0.05, 0) is 25.1 Å². The van der Waals surface area contributed by atoms with E-state index in [0.29, 0.717) is 16.1 Å². The number of fused-ring (bicyclic) bond motifs is 1. The molecule has 8 heteroatoms. The van der Waals surface area contributed by atoms with Crippen LogP contribution in [-0.2, 0) is 4.74 Å². The van der Waals surface area contributed by atoms with Crippen LogP contribution in [0.4, 0.5) is 5.95 Å². The molecular formula is C14H12N4O3S. The lowest BCUT2D eigenvalue weighted by Crippen LogP contribution is -2.14. The summed E-state index contributed by atoms with van der Waals surface area (Å²) in [5.74, 6) is -0.656. The Bertz CT molecular complexity index is 868. The zero-order valence-electron chi connectivity index (χ0n) is 11.9. The lowest BCUT2D eigenvalue weighted by atomic mass is 10.1. The summed E-state index contributed by atoms with van der Waals surface area (Å²) in [7, 11) is 1.29. The molecule has 7 nitrogen and oxygen atoms in total. The Kier molecular flexibility index (Phi) is 3.60. The first-order valence-electron chi connectivity index (χ1n) is 6.39. The number of rotatable bonds is 3. The van der Waals surface area contributed by atoms with Gasteiger partial charge in [0.2, 0.25) is 4.96 Å². The number of thiazole rings is 1. The van der Waals surface area contributed by atoms with Gasteiger partial charge >= 0.3 is 5.97 Å². The molecule has 0 fully saturated rings. The third-order valence-corrected chi connectivity index (χ3v) is 3.95. The van der Waals surface area contributed by atoms with Crippen LogP contribution in [-0.4, -0.2) is 33.6 Å². The van der Waals surface area contributed by atoms with E-state index in [2.05, 4.69) is 20.1 Å². The van der Waals surface area contributed by atoms with Crippen molar-refractivity contribution in [3.8, 4) is 0 Å². The van der Waals surface area contributed by atoms with E-state index < -0.39 is 5.97 Å². The number of esters is 1. The number of nitrogens with zero attached hydrogens (tertiary/aromatic N) is 3. The topological polar surface area (TPSA) is 85.6 Å². The Labute approximate surface area is 129 Å². The third kappa shape index (κ3) is 2.56. The predicted octanol–water partition coefficient (Wildman–Crippen LogP) is 2.14. The summed E-state index contributed by atoms with van der Waals surface area (Å²) in [5, 5.41) is 8.75. The molecule has 1 aromatic carbocycles. The molecule has 0 bridgehead atoms. The minimum atomic E-state index is -0.495. The number of aromatic nitrogens is 3. The van der Waals surface area contributed by atoms with Crippen molar-refractivity contribution in [2.24, 2.45) is 0 Å². The Hall–Kier alpha value is -2.74. The molecule has 0 aliphatic rings. The minimum absolute atomic E-state index is 0.225. The van der Waals surface area contributed by atoms with Crippen LogP contribution in [0.25, 0.3) is 4.96 Å². The molecule has 112 valence electrons. The first-order chi connectivity index (χ1) is 10.6. The maximum Gasteiger partial charge on any atom is 0.337 e.